The average molecular weight is 317 g/mol. The van der Waals surface area contributed by atoms with Gasteiger partial charge in [-0.05, 0) is 30.3 Å². The number of amides is 2. The highest BCUT2D eigenvalue weighted by Gasteiger charge is 2.10. The molecule has 2 N–H and O–H groups in total. The van der Waals surface area contributed by atoms with Crippen molar-refractivity contribution in [1.82, 2.24) is 0 Å². The molecule has 0 unspecified atom stereocenters. The highest BCUT2D eigenvalue weighted by atomic mass is 35.5. The lowest BCUT2D eigenvalue weighted by molar-refractivity contribution is 0.262. The largest absolute Gasteiger partial charge is 0.323 e. The topological polar surface area (TPSA) is 41.1 Å². The minimum absolute atomic E-state index is 0.229. The number of hydrogen-bond acceptors (Lipinski definition) is 1. The second kappa shape index (κ2) is 6.07. The molecule has 0 aliphatic heterocycles. The first kappa shape index (κ1) is 14.6. The molecule has 2 rings (SSSR count). The van der Waals surface area contributed by atoms with E-state index in [0.717, 1.165) is 18.2 Å². The zero-order valence-corrected chi connectivity index (χ0v) is 11.4. The van der Waals surface area contributed by atoms with Crippen molar-refractivity contribution >= 4 is 40.6 Å². The third-order valence-electron chi connectivity index (χ3n) is 2.36. The zero-order chi connectivity index (χ0) is 14.7. The van der Waals surface area contributed by atoms with Crippen molar-refractivity contribution in [3.63, 3.8) is 0 Å². The van der Waals surface area contributed by atoms with E-state index in [0.29, 0.717) is 10.7 Å². The van der Waals surface area contributed by atoms with E-state index >= 15 is 0 Å². The van der Waals surface area contributed by atoms with Gasteiger partial charge < -0.3 is 10.6 Å². The first-order chi connectivity index (χ1) is 9.45. The lowest BCUT2D eigenvalue weighted by atomic mass is 10.3. The van der Waals surface area contributed by atoms with Gasteiger partial charge in [-0.2, -0.15) is 0 Å². The van der Waals surface area contributed by atoms with E-state index in [-0.39, 0.29) is 10.7 Å². The Labute approximate surface area is 123 Å². The van der Waals surface area contributed by atoms with E-state index in [1.54, 1.807) is 0 Å². The van der Waals surface area contributed by atoms with Crippen LogP contribution < -0.4 is 10.6 Å². The Hall–Kier alpha value is -1.85. The molecule has 0 bridgehead atoms. The first-order valence-electron chi connectivity index (χ1n) is 5.44. The molecule has 20 heavy (non-hydrogen) atoms. The second-order valence-corrected chi connectivity index (χ2v) is 4.67. The summed E-state index contributed by atoms with van der Waals surface area (Å²) in [6, 6.07) is 6.46. The number of halogens is 4. The Bertz CT molecular complexity index is 665. The van der Waals surface area contributed by atoms with Crippen molar-refractivity contribution in [1.29, 1.82) is 0 Å². The van der Waals surface area contributed by atoms with Gasteiger partial charge in [-0.15, -0.1) is 0 Å². The van der Waals surface area contributed by atoms with Crippen molar-refractivity contribution in [2.75, 3.05) is 10.6 Å². The molecule has 7 heteroatoms. The third-order valence-corrected chi connectivity index (χ3v) is 2.90. The lowest BCUT2D eigenvalue weighted by Gasteiger charge is -2.10. The molecule has 0 fully saturated rings. The standard InChI is InChI=1S/C13H8Cl2F2N2O/c14-7-1-4-11(9(15)5-7)18-13(20)19-12-6-8(16)2-3-10(12)17/h1-6H,(H2,18,19,20). The predicted octanol–water partition coefficient (Wildman–Crippen LogP) is 4.92. The third kappa shape index (κ3) is 3.59. The van der Waals surface area contributed by atoms with Gasteiger partial charge in [-0.3, -0.25) is 0 Å². The summed E-state index contributed by atoms with van der Waals surface area (Å²) in [5.41, 5.74) is 0.0259. The zero-order valence-electron chi connectivity index (χ0n) is 9.88. The van der Waals surface area contributed by atoms with Crippen LogP contribution in [-0.4, -0.2) is 6.03 Å². The van der Waals surface area contributed by atoms with Crippen LogP contribution in [-0.2, 0) is 0 Å². The van der Waals surface area contributed by atoms with Crippen LogP contribution >= 0.6 is 23.2 Å². The maximum atomic E-state index is 13.3. The van der Waals surface area contributed by atoms with Crippen LogP contribution in [0.1, 0.15) is 0 Å². The van der Waals surface area contributed by atoms with Gasteiger partial charge in [-0.25, -0.2) is 13.6 Å². The molecule has 2 aromatic carbocycles. The SMILES string of the molecule is O=C(Nc1cc(F)ccc1F)Nc1ccc(Cl)cc1Cl. The van der Waals surface area contributed by atoms with Gasteiger partial charge in [0.25, 0.3) is 0 Å². The van der Waals surface area contributed by atoms with E-state index < -0.39 is 17.7 Å². The minimum atomic E-state index is -0.751. The van der Waals surface area contributed by atoms with E-state index in [1.165, 1.54) is 18.2 Å². The maximum absolute atomic E-state index is 13.3. The highest BCUT2D eigenvalue weighted by Crippen LogP contribution is 2.25. The highest BCUT2D eigenvalue weighted by molar-refractivity contribution is 6.36. The number of carbonyl (C=O) groups excluding carboxylic acids is 1. The second-order valence-electron chi connectivity index (χ2n) is 3.83. The van der Waals surface area contributed by atoms with Crippen molar-refractivity contribution in [2.24, 2.45) is 0 Å². The summed E-state index contributed by atoms with van der Waals surface area (Å²) in [5.74, 6) is -1.41. The maximum Gasteiger partial charge on any atom is 0.323 e. The smallest absolute Gasteiger partial charge is 0.306 e. The number of carbonyl (C=O) groups is 1. The van der Waals surface area contributed by atoms with Crippen LogP contribution in [0.25, 0.3) is 0 Å². The number of benzene rings is 2. The van der Waals surface area contributed by atoms with Crippen molar-refractivity contribution < 1.29 is 13.6 Å². The monoisotopic (exact) mass is 316 g/mol. The Morgan fingerprint density at radius 3 is 2.35 bits per heavy atom. The number of hydrogen-bond donors (Lipinski definition) is 2. The molecule has 0 saturated carbocycles. The molecular formula is C13H8Cl2F2N2O. The Morgan fingerprint density at radius 2 is 1.65 bits per heavy atom. The number of urea groups is 1. The van der Waals surface area contributed by atoms with Crippen molar-refractivity contribution in [2.45, 2.75) is 0 Å². The lowest BCUT2D eigenvalue weighted by Crippen LogP contribution is -2.20. The summed E-state index contributed by atoms with van der Waals surface area (Å²) in [7, 11) is 0. The van der Waals surface area contributed by atoms with Gasteiger partial charge in [-0.1, -0.05) is 23.2 Å². The molecule has 2 aromatic rings. The predicted molar refractivity (Wildman–Crippen MR) is 75.5 cm³/mol. The Balaban J connectivity index is 2.11. The minimum Gasteiger partial charge on any atom is -0.306 e. The molecule has 0 saturated heterocycles. The molecule has 0 atom stereocenters. The fourth-order valence-electron chi connectivity index (χ4n) is 1.46. The van der Waals surface area contributed by atoms with Gasteiger partial charge >= 0.3 is 6.03 Å². The van der Waals surface area contributed by atoms with Crippen LogP contribution in [0.5, 0.6) is 0 Å². The van der Waals surface area contributed by atoms with Gasteiger partial charge in [0.2, 0.25) is 0 Å². The molecule has 0 heterocycles. The molecule has 3 nitrogen and oxygen atoms in total. The molecule has 0 aliphatic rings. The van der Waals surface area contributed by atoms with Crippen molar-refractivity contribution in [3.8, 4) is 0 Å². The summed E-state index contributed by atoms with van der Waals surface area (Å²) in [6.07, 6.45) is 0. The summed E-state index contributed by atoms with van der Waals surface area (Å²) >= 11 is 11.6. The van der Waals surface area contributed by atoms with Crippen LogP contribution in [0.2, 0.25) is 10.0 Å². The molecule has 2 amide bonds. The van der Waals surface area contributed by atoms with Gasteiger partial charge in [0.15, 0.2) is 0 Å². The average Bonchev–Trinajstić information content (AvgIpc) is 2.37. The molecule has 0 aliphatic carbocycles. The summed E-state index contributed by atoms with van der Waals surface area (Å²) in [6.45, 7) is 0. The Kier molecular flexibility index (Phi) is 4.42. The fourth-order valence-corrected chi connectivity index (χ4v) is 1.92. The van der Waals surface area contributed by atoms with Crippen LogP contribution in [0, 0.1) is 11.6 Å². The van der Waals surface area contributed by atoms with E-state index in [2.05, 4.69) is 10.6 Å². The van der Waals surface area contributed by atoms with Gasteiger partial charge in [0, 0.05) is 11.1 Å². The van der Waals surface area contributed by atoms with Gasteiger partial charge in [0.05, 0.1) is 16.4 Å². The summed E-state index contributed by atoms with van der Waals surface area (Å²) in [5, 5.41) is 5.23. The van der Waals surface area contributed by atoms with Gasteiger partial charge in [0.1, 0.15) is 11.6 Å². The molecule has 0 radical (unpaired) electrons. The summed E-state index contributed by atoms with van der Waals surface area (Å²) < 4.78 is 26.3. The normalized spacial score (nSPS) is 10.2. The molecular weight excluding hydrogens is 309 g/mol. The Morgan fingerprint density at radius 1 is 0.950 bits per heavy atom. The van der Waals surface area contributed by atoms with Crippen LogP contribution in [0.15, 0.2) is 36.4 Å². The molecule has 0 aromatic heterocycles. The van der Waals surface area contributed by atoms with E-state index in [1.807, 2.05) is 0 Å². The quantitative estimate of drug-likeness (QED) is 0.811. The number of rotatable bonds is 2. The van der Waals surface area contributed by atoms with Crippen LogP contribution in [0.4, 0.5) is 25.0 Å². The molecule has 0 spiro atoms. The van der Waals surface area contributed by atoms with E-state index in [4.69, 9.17) is 23.2 Å². The van der Waals surface area contributed by atoms with Crippen molar-refractivity contribution in [3.05, 3.63) is 58.1 Å². The number of anilines is 2. The summed E-state index contributed by atoms with van der Waals surface area (Å²) in [4.78, 5) is 11.7. The molecule has 104 valence electrons. The first-order valence-corrected chi connectivity index (χ1v) is 6.19. The fraction of sp³-hybridized carbons (Fsp3) is 0. The van der Waals surface area contributed by atoms with Crippen LogP contribution in [0.3, 0.4) is 0 Å². The number of nitrogens with one attached hydrogen (secondary N) is 2. The van der Waals surface area contributed by atoms with E-state index in [9.17, 15) is 13.6 Å².